The van der Waals surface area contributed by atoms with Gasteiger partial charge in [-0.05, 0) is 87.7 Å². The molecule has 2 aliphatic carbocycles. The third-order valence-corrected chi connectivity index (χ3v) is 9.02. The van der Waals surface area contributed by atoms with Gasteiger partial charge in [0.15, 0.2) is 23.7 Å². The lowest BCUT2D eigenvalue weighted by atomic mass is 9.68. The number of allylic oxidation sites excluding steroid dienone is 1. The van der Waals surface area contributed by atoms with Crippen LogP contribution in [0, 0.1) is 46.9 Å². The van der Waals surface area contributed by atoms with Crippen LogP contribution in [-0.2, 0) is 9.47 Å². The molecule has 9 heteroatoms. The first-order chi connectivity index (χ1) is 19.6. The molecule has 0 amide bonds. The lowest BCUT2D eigenvalue weighted by molar-refractivity contribution is -0.224. The van der Waals surface area contributed by atoms with Gasteiger partial charge in [0.1, 0.15) is 11.6 Å². The number of halogens is 6. The predicted molar refractivity (Wildman–Crippen MR) is 141 cm³/mol. The number of alkyl halides is 2. The number of ether oxygens (including phenoxy) is 3. The van der Waals surface area contributed by atoms with Crippen LogP contribution < -0.4 is 4.74 Å². The fourth-order valence-corrected chi connectivity index (χ4v) is 6.77. The van der Waals surface area contributed by atoms with Crippen LogP contribution in [0.15, 0.2) is 42.5 Å². The highest BCUT2D eigenvalue weighted by Crippen LogP contribution is 2.47. The summed E-state index contributed by atoms with van der Waals surface area (Å²) in [7, 11) is 0. The summed E-state index contributed by atoms with van der Waals surface area (Å²) < 4.78 is 101. The van der Waals surface area contributed by atoms with Crippen molar-refractivity contribution in [2.75, 3.05) is 13.2 Å². The average molecular weight is 583 g/mol. The van der Waals surface area contributed by atoms with E-state index >= 15 is 4.39 Å². The van der Waals surface area contributed by atoms with Crippen molar-refractivity contribution in [3.8, 4) is 5.75 Å². The summed E-state index contributed by atoms with van der Waals surface area (Å²) in [6.45, 7) is 3.01. The predicted octanol–water partition coefficient (Wildman–Crippen LogP) is 9.23. The van der Waals surface area contributed by atoms with Crippen LogP contribution in [-0.4, -0.2) is 19.3 Å². The Morgan fingerprint density at radius 2 is 1.37 bits per heavy atom. The zero-order valence-electron chi connectivity index (χ0n) is 23.1. The molecule has 0 N–H and O–H groups in total. The fourth-order valence-electron chi connectivity index (χ4n) is 6.77. The van der Waals surface area contributed by atoms with Crippen molar-refractivity contribution in [1.82, 2.24) is 0 Å². The third-order valence-electron chi connectivity index (χ3n) is 9.02. The normalized spacial score (nSPS) is 29.5. The Balaban J connectivity index is 1.10. The van der Waals surface area contributed by atoms with Crippen molar-refractivity contribution in [3.05, 3.63) is 76.9 Å². The van der Waals surface area contributed by atoms with Crippen LogP contribution >= 0.6 is 0 Å². The maximum atomic E-state index is 15.1. The lowest BCUT2D eigenvalue weighted by Gasteiger charge is -2.39. The Morgan fingerprint density at radius 1 is 0.780 bits per heavy atom. The average Bonchev–Trinajstić information content (AvgIpc) is 2.96. The summed E-state index contributed by atoms with van der Waals surface area (Å²) in [5, 5.41) is 0. The molecule has 0 radical (unpaired) electrons. The van der Waals surface area contributed by atoms with E-state index in [9.17, 15) is 22.0 Å². The number of hydrogen-bond donors (Lipinski definition) is 0. The maximum absolute atomic E-state index is 15.1. The minimum absolute atomic E-state index is 0.109. The van der Waals surface area contributed by atoms with Crippen molar-refractivity contribution in [2.45, 2.75) is 76.6 Å². The molecule has 41 heavy (non-hydrogen) atoms. The van der Waals surface area contributed by atoms with E-state index in [4.69, 9.17) is 9.47 Å². The van der Waals surface area contributed by atoms with Crippen LogP contribution in [0.2, 0.25) is 0 Å². The van der Waals surface area contributed by atoms with E-state index in [0.717, 1.165) is 25.7 Å². The molecular formula is C32H36F6O3. The second kappa shape index (κ2) is 12.8. The minimum Gasteiger partial charge on any atom is -0.432 e. The number of hydrogen-bond acceptors (Lipinski definition) is 3. The fraction of sp³-hybridized carbons (Fsp3) is 0.562. The SMILES string of the molecule is CC=CC1COC(c2ccc(C3CCC(C4CCC(C(F)(F)Oc5cc(F)c(F)c(F)c5)CC4)CC3)c(F)c2)OC1. The minimum atomic E-state index is -3.62. The zero-order chi connectivity index (χ0) is 29.1. The molecule has 2 aromatic rings. The third kappa shape index (κ3) is 6.94. The second-order valence-corrected chi connectivity index (χ2v) is 11.7. The molecule has 2 aromatic carbocycles. The van der Waals surface area contributed by atoms with E-state index in [-0.39, 0.29) is 30.5 Å². The van der Waals surface area contributed by atoms with Gasteiger partial charge in [-0.1, -0.05) is 24.3 Å². The highest BCUT2D eigenvalue weighted by molar-refractivity contribution is 5.29. The summed E-state index contributed by atoms with van der Waals surface area (Å²) in [6.07, 6.45) is 4.95. The van der Waals surface area contributed by atoms with Crippen LogP contribution in [0.5, 0.6) is 5.75 Å². The Kier molecular flexibility index (Phi) is 9.33. The van der Waals surface area contributed by atoms with Crippen molar-refractivity contribution in [3.63, 3.8) is 0 Å². The van der Waals surface area contributed by atoms with Crippen LogP contribution in [0.1, 0.15) is 81.6 Å². The van der Waals surface area contributed by atoms with Crippen LogP contribution in [0.25, 0.3) is 0 Å². The number of rotatable bonds is 7. The molecule has 2 saturated carbocycles. The Bertz CT molecular complexity index is 1190. The largest absolute Gasteiger partial charge is 0.432 e. The molecule has 3 nitrogen and oxygen atoms in total. The first-order valence-electron chi connectivity index (χ1n) is 14.5. The summed E-state index contributed by atoms with van der Waals surface area (Å²) in [5.41, 5.74) is 1.37. The maximum Gasteiger partial charge on any atom is 0.400 e. The van der Waals surface area contributed by atoms with Crippen LogP contribution in [0.4, 0.5) is 26.3 Å². The highest BCUT2D eigenvalue weighted by Gasteiger charge is 2.45. The van der Waals surface area contributed by atoms with Crippen LogP contribution in [0.3, 0.4) is 0 Å². The molecule has 5 rings (SSSR count). The quantitative estimate of drug-likeness (QED) is 0.185. The summed E-state index contributed by atoms with van der Waals surface area (Å²) >= 11 is 0. The van der Waals surface area contributed by atoms with E-state index in [1.54, 1.807) is 0 Å². The van der Waals surface area contributed by atoms with Crippen molar-refractivity contribution >= 4 is 0 Å². The van der Waals surface area contributed by atoms with Gasteiger partial charge in [-0.3, -0.25) is 0 Å². The van der Waals surface area contributed by atoms with Gasteiger partial charge in [0.05, 0.1) is 19.1 Å². The number of benzene rings is 2. The molecule has 0 unspecified atom stereocenters. The van der Waals surface area contributed by atoms with E-state index < -0.39 is 41.5 Å². The molecule has 1 aliphatic heterocycles. The molecule has 0 spiro atoms. The van der Waals surface area contributed by atoms with Crippen molar-refractivity contribution in [1.29, 1.82) is 0 Å². The summed E-state index contributed by atoms with van der Waals surface area (Å²) in [6, 6.07) is 6.10. The van der Waals surface area contributed by atoms with Gasteiger partial charge < -0.3 is 14.2 Å². The van der Waals surface area contributed by atoms with E-state index in [1.165, 1.54) is 6.07 Å². The molecule has 224 valence electrons. The molecule has 0 bridgehead atoms. The Morgan fingerprint density at radius 3 is 1.93 bits per heavy atom. The van der Waals surface area contributed by atoms with Gasteiger partial charge in [0.25, 0.3) is 0 Å². The first-order valence-corrected chi connectivity index (χ1v) is 14.5. The van der Waals surface area contributed by atoms with Gasteiger partial charge in [0.2, 0.25) is 0 Å². The Hall–Kier alpha value is -2.52. The topological polar surface area (TPSA) is 27.7 Å². The van der Waals surface area contributed by atoms with E-state index in [0.29, 0.717) is 61.2 Å². The van der Waals surface area contributed by atoms with Crippen molar-refractivity contribution < 1.29 is 40.6 Å². The van der Waals surface area contributed by atoms with E-state index in [1.807, 2.05) is 31.2 Å². The Labute approximate surface area is 236 Å². The lowest BCUT2D eigenvalue weighted by Crippen LogP contribution is -2.38. The standard InChI is InChI=1S/C32H36F6O3/c1-2-3-19-17-39-31(40-18-19)23-10-13-26(27(33)14-23)22-6-4-20(5-7-22)21-8-11-24(12-9-21)32(37,38)41-25-15-28(34)30(36)29(35)16-25/h2-3,10,13-16,19-22,24,31H,4-9,11-12,17-18H2,1H3. The van der Waals surface area contributed by atoms with Crippen molar-refractivity contribution in [2.24, 2.45) is 23.7 Å². The molecule has 3 aliphatic rings. The highest BCUT2D eigenvalue weighted by atomic mass is 19.3. The van der Waals surface area contributed by atoms with Gasteiger partial charge >= 0.3 is 6.11 Å². The molecule has 0 aromatic heterocycles. The van der Waals surface area contributed by atoms with Gasteiger partial charge in [-0.15, -0.1) is 0 Å². The molecule has 1 heterocycles. The monoisotopic (exact) mass is 582 g/mol. The summed E-state index contributed by atoms with van der Waals surface area (Å²) in [5.74, 6) is -5.95. The molecule has 3 fully saturated rings. The summed E-state index contributed by atoms with van der Waals surface area (Å²) in [4.78, 5) is 0. The van der Waals surface area contributed by atoms with Gasteiger partial charge in [0, 0.05) is 23.6 Å². The zero-order valence-corrected chi connectivity index (χ0v) is 23.1. The molecular weight excluding hydrogens is 546 g/mol. The second-order valence-electron chi connectivity index (χ2n) is 11.7. The van der Waals surface area contributed by atoms with E-state index in [2.05, 4.69) is 4.74 Å². The molecule has 0 atom stereocenters. The smallest absolute Gasteiger partial charge is 0.400 e. The van der Waals surface area contributed by atoms with Gasteiger partial charge in [-0.25, -0.2) is 17.6 Å². The van der Waals surface area contributed by atoms with Gasteiger partial charge in [-0.2, -0.15) is 8.78 Å². The molecule has 1 saturated heterocycles. The first kappa shape index (κ1) is 30.0.